The average Bonchev–Trinajstić information content (AvgIpc) is 3.54. The van der Waals surface area contributed by atoms with Crippen LogP contribution in [0.3, 0.4) is 0 Å². The van der Waals surface area contributed by atoms with Crippen molar-refractivity contribution in [2.45, 2.75) is 38.2 Å². The lowest BCUT2D eigenvalue weighted by molar-refractivity contribution is -0.137. The summed E-state index contributed by atoms with van der Waals surface area (Å²) in [5, 5.41) is 14.4. The number of aliphatic carboxylic acids is 1. The number of benzene rings is 3. The average molecular weight is 489 g/mol. The molecule has 0 saturated carbocycles. The normalized spacial score (nSPS) is 18.1. The lowest BCUT2D eigenvalue weighted by Crippen LogP contribution is -2.07. The van der Waals surface area contributed by atoms with Crippen LogP contribution in [-0.2, 0) is 18.3 Å². The van der Waals surface area contributed by atoms with Crippen molar-refractivity contribution < 1.29 is 28.5 Å². The summed E-state index contributed by atoms with van der Waals surface area (Å²) in [6.45, 7) is 2.31. The molecular formula is C28H25FN2O5. The standard InChI is InChI=1S/C28H25FN2O5/c1-15-9-22-16(13-30-31(22)2)10-25(15)36-23-8-6-21(29)28-20(23)5-7-24(28)35-18-3-4-19-17(11-27(32)33)14-34-26(19)12-18/h3-4,6,8-10,12-13,17,24H,5,7,11,14H2,1-2H3,(H,32,33). The molecule has 184 valence electrons. The lowest BCUT2D eigenvalue weighted by Gasteiger charge is -2.18. The summed E-state index contributed by atoms with van der Waals surface area (Å²) in [5.41, 5.74) is 4.17. The maximum absolute atomic E-state index is 15.0. The number of ether oxygens (including phenoxy) is 3. The first-order chi connectivity index (χ1) is 17.4. The highest BCUT2D eigenvalue weighted by Crippen LogP contribution is 2.44. The number of fused-ring (bicyclic) bond motifs is 3. The molecule has 6 rings (SSSR count). The zero-order chi connectivity index (χ0) is 25.0. The van der Waals surface area contributed by atoms with E-state index in [4.69, 9.17) is 19.3 Å². The summed E-state index contributed by atoms with van der Waals surface area (Å²) < 4.78 is 35.0. The van der Waals surface area contributed by atoms with Gasteiger partial charge in [0.2, 0.25) is 0 Å². The van der Waals surface area contributed by atoms with Crippen molar-refractivity contribution in [3.63, 3.8) is 0 Å². The van der Waals surface area contributed by atoms with Gasteiger partial charge in [-0.25, -0.2) is 4.39 Å². The van der Waals surface area contributed by atoms with Gasteiger partial charge in [-0.2, -0.15) is 5.10 Å². The van der Waals surface area contributed by atoms with Crippen molar-refractivity contribution in [2.24, 2.45) is 7.05 Å². The maximum atomic E-state index is 15.0. The van der Waals surface area contributed by atoms with Crippen LogP contribution < -0.4 is 14.2 Å². The second-order valence-corrected chi connectivity index (χ2v) is 9.44. The predicted molar refractivity (Wildman–Crippen MR) is 131 cm³/mol. The van der Waals surface area contributed by atoms with Crippen LogP contribution in [0, 0.1) is 12.7 Å². The number of halogens is 1. The molecule has 0 saturated heterocycles. The highest BCUT2D eigenvalue weighted by Gasteiger charge is 2.32. The second-order valence-electron chi connectivity index (χ2n) is 9.44. The van der Waals surface area contributed by atoms with Crippen molar-refractivity contribution in [1.82, 2.24) is 9.78 Å². The molecule has 0 amide bonds. The number of carboxylic acid groups (broad SMARTS) is 1. The minimum atomic E-state index is -0.858. The third kappa shape index (κ3) is 3.82. The van der Waals surface area contributed by atoms with Crippen LogP contribution >= 0.6 is 0 Å². The van der Waals surface area contributed by atoms with Gasteiger partial charge in [-0.1, -0.05) is 6.07 Å². The van der Waals surface area contributed by atoms with Gasteiger partial charge in [-0.05, 0) is 55.7 Å². The van der Waals surface area contributed by atoms with Gasteiger partial charge in [-0.3, -0.25) is 9.48 Å². The molecule has 1 aliphatic carbocycles. The summed E-state index contributed by atoms with van der Waals surface area (Å²) >= 11 is 0. The minimum absolute atomic E-state index is 0.0182. The van der Waals surface area contributed by atoms with E-state index < -0.39 is 12.1 Å². The SMILES string of the molecule is Cc1cc2c(cnn2C)cc1Oc1ccc(F)c2c1CCC2Oc1ccc2c(c1)OCC2CC(=O)O. The summed E-state index contributed by atoms with van der Waals surface area (Å²) in [4.78, 5) is 11.1. The first kappa shape index (κ1) is 22.4. The Labute approximate surface area is 207 Å². The van der Waals surface area contributed by atoms with Gasteiger partial charge in [0, 0.05) is 41.1 Å². The van der Waals surface area contributed by atoms with E-state index >= 15 is 4.39 Å². The first-order valence-corrected chi connectivity index (χ1v) is 11.9. The molecule has 1 aliphatic heterocycles. The Kier molecular flexibility index (Phi) is 5.32. The summed E-state index contributed by atoms with van der Waals surface area (Å²) in [6, 6.07) is 12.5. The predicted octanol–water partition coefficient (Wildman–Crippen LogP) is 5.83. The van der Waals surface area contributed by atoms with Gasteiger partial charge in [-0.15, -0.1) is 0 Å². The number of carbonyl (C=O) groups is 1. The summed E-state index contributed by atoms with van der Waals surface area (Å²) in [5.74, 6) is 1.16. The van der Waals surface area contributed by atoms with E-state index in [-0.39, 0.29) is 18.2 Å². The molecule has 36 heavy (non-hydrogen) atoms. The van der Waals surface area contributed by atoms with Crippen LogP contribution in [-0.4, -0.2) is 27.5 Å². The van der Waals surface area contributed by atoms with Gasteiger partial charge in [0.25, 0.3) is 0 Å². The fraction of sp³-hybridized carbons (Fsp3) is 0.286. The molecule has 0 radical (unpaired) electrons. The molecule has 2 aliphatic rings. The molecule has 7 nitrogen and oxygen atoms in total. The number of aryl methyl sites for hydroxylation is 2. The largest absolute Gasteiger partial charge is 0.492 e. The topological polar surface area (TPSA) is 82.8 Å². The van der Waals surface area contributed by atoms with Crippen molar-refractivity contribution in [3.8, 4) is 23.0 Å². The van der Waals surface area contributed by atoms with Gasteiger partial charge >= 0.3 is 5.97 Å². The van der Waals surface area contributed by atoms with Crippen molar-refractivity contribution in [3.05, 3.63) is 76.7 Å². The quantitative estimate of drug-likeness (QED) is 0.368. The van der Waals surface area contributed by atoms with Crippen molar-refractivity contribution in [2.75, 3.05) is 6.61 Å². The van der Waals surface area contributed by atoms with E-state index in [2.05, 4.69) is 5.10 Å². The van der Waals surface area contributed by atoms with E-state index in [1.165, 1.54) is 6.07 Å². The van der Waals surface area contributed by atoms with Crippen LogP contribution in [0.4, 0.5) is 4.39 Å². The van der Waals surface area contributed by atoms with Gasteiger partial charge < -0.3 is 19.3 Å². The fourth-order valence-electron chi connectivity index (χ4n) is 5.24. The van der Waals surface area contributed by atoms with Crippen molar-refractivity contribution in [1.29, 1.82) is 0 Å². The molecule has 8 heteroatoms. The number of carboxylic acids is 1. The van der Waals surface area contributed by atoms with Crippen LogP contribution in [0.15, 0.2) is 48.7 Å². The molecule has 0 bridgehead atoms. The molecular weight excluding hydrogens is 463 g/mol. The number of rotatable bonds is 6. The summed E-state index contributed by atoms with van der Waals surface area (Å²) in [6.07, 6.45) is 2.60. The Hall–Kier alpha value is -4.07. The molecule has 0 fully saturated rings. The minimum Gasteiger partial charge on any atom is -0.492 e. The Bertz CT molecular complexity index is 1510. The summed E-state index contributed by atoms with van der Waals surface area (Å²) in [7, 11) is 1.90. The number of aromatic nitrogens is 2. The third-order valence-electron chi connectivity index (χ3n) is 7.07. The maximum Gasteiger partial charge on any atom is 0.304 e. The third-order valence-corrected chi connectivity index (χ3v) is 7.07. The molecule has 3 aromatic carbocycles. The fourth-order valence-corrected chi connectivity index (χ4v) is 5.24. The Morgan fingerprint density at radius 1 is 1.22 bits per heavy atom. The Balaban J connectivity index is 1.26. The number of hydrogen-bond acceptors (Lipinski definition) is 5. The van der Waals surface area contributed by atoms with Crippen LogP contribution in [0.2, 0.25) is 0 Å². The number of nitrogens with zero attached hydrogens (tertiary/aromatic N) is 2. The van der Waals surface area contributed by atoms with Crippen LogP contribution in [0.25, 0.3) is 10.9 Å². The van der Waals surface area contributed by atoms with E-state index in [0.29, 0.717) is 48.0 Å². The zero-order valence-corrected chi connectivity index (χ0v) is 20.0. The molecule has 4 aromatic rings. The number of hydrogen-bond donors (Lipinski definition) is 1. The molecule has 0 spiro atoms. The first-order valence-electron chi connectivity index (χ1n) is 11.9. The van der Waals surface area contributed by atoms with Crippen molar-refractivity contribution >= 4 is 16.9 Å². The molecule has 1 aromatic heterocycles. The van der Waals surface area contributed by atoms with Gasteiger partial charge in [0.15, 0.2) is 0 Å². The molecule has 2 heterocycles. The smallest absolute Gasteiger partial charge is 0.304 e. The van der Waals surface area contributed by atoms with E-state index in [9.17, 15) is 4.79 Å². The Morgan fingerprint density at radius 3 is 2.92 bits per heavy atom. The van der Waals surface area contributed by atoms with Gasteiger partial charge in [0.05, 0.1) is 24.7 Å². The van der Waals surface area contributed by atoms with E-state index in [0.717, 1.165) is 27.6 Å². The van der Waals surface area contributed by atoms with Gasteiger partial charge in [0.1, 0.15) is 34.9 Å². The monoisotopic (exact) mass is 488 g/mol. The molecule has 2 atom stereocenters. The Morgan fingerprint density at radius 2 is 2.08 bits per heavy atom. The molecule has 2 unspecified atom stereocenters. The molecule has 1 N–H and O–H groups in total. The van der Waals surface area contributed by atoms with E-state index in [1.807, 2.05) is 36.9 Å². The van der Waals surface area contributed by atoms with Crippen LogP contribution in [0.1, 0.15) is 47.1 Å². The van der Waals surface area contributed by atoms with E-state index in [1.54, 1.807) is 24.4 Å². The van der Waals surface area contributed by atoms with Crippen LogP contribution in [0.5, 0.6) is 23.0 Å². The zero-order valence-electron chi connectivity index (χ0n) is 20.0. The second kappa shape index (κ2) is 8.55. The highest BCUT2D eigenvalue weighted by atomic mass is 19.1. The highest BCUT2D eigenvalue weighted by molar-refractivity contribution is 5.81. The lowest BCUT2D eigenvalue weighted by atomic mass is 9.98.